The van der Waals surface area contributed by atoms with Gasteiger partial charge in [-0.25, -0.2) is 4.79 Å². The van der Waals surface area contributed by atoms with E-state index >= 15 is 0 Å². The van der Waals surface area contributed by atoms with Crippen LogP contribution in [0.4, 0.5) is 5.69 Å². The number of carbonyl (C=O) groups is 2. The van der Waals surface area contributed by atoms with Crippen LogP contribution in [0.2, 0.25) is 0 Å². The van der Waals surface area contributed by atoms with Gasteiger partial charge < -0.3 is 10.1 Å². The lowest BCUT2D eigenvalue weighted by atomic mass is 10.2. The molecule has 0 saturated carbocycles. The SMILES string of the molecule is Cc1cccc(NC(=O)COC(=O)c2ccc(I)cc2)c1. The quantitative estimate of drug-likeness (QED) is 0.638. The second-order valence-corrected chi connectivity index (χ2v) is 5.75. The summed E-state index contributed by atoms with van der Waals surface area (Å²) in [6, 6.07) is 14.4. The molecule has 21 heavy (non-hydrogen) atoms. The molecular weight excluding hydrogens is 381 g/mol. The van der Waals surface area contributed by atoms with Crippen molar-refractivity contribution in [1.29, 1.82) is 0 Å². The number of benzene rings is 2. The largest absolute Gasteiger partial charge is 0.452 e. The Morgan fingerprint density at radius 2 is 1.86 bits per heavy atom. The molecule has 0 bridgehead atoms. The maximum Gasteiger partial charge on any atom is 0.338 e. The highest BCUT2D eigenvalue weighted by Gasteiger charge is 2.10. The first-order chi connectivity index (χ1) is 10.0. The lowest BCUT2D eigenvalue weighted by Crippen LogP contribution is -2.20. The Hall–Kier alpha value is -1.89. The lowest BCUT2D eigenvalue weighted by molar-refractivity contribution is -0.119. The van der Waals surface area contributed by atoms with Gasteiger partial charge in [-0.05, 0) is 71.5 Å². The normalized spacial score (nSPS) is 10.0. The molecule has 0 heterocycles. The van der Waals surface area contributed by atoms with Crippen LogP contribution in [0, 0.1) is 10.5 Å². The molecule has 0 spiro atoms. The summed E-state index contributed by atoms with van der Waals surface area (Å²) in [7, 11) is 0. The Balaban J connectivity index is 1.86. The van der Waals surface area contributed by atoms with E-state index in [1.54, 1.807) is 18.2 Å². The van der Waals surface area contributed by atoms with E-state index in [0.717, 1.165) is 9.13 Å². The van der Waals surface area contributed by atoms with Crippen LogP contribution in [0.5, 0.6) is 0 Å². The van der Waals surface area contributed by atoms with Crippen molar-refractivity contribution < 1.29 is 14.3 Å². The fourth-order valence-electron chi connectivity index (χ4n) is 1.72. The third-order valence-corrected chi connectivity index (χ3v) is 3.44. The summed E-state index contributed by atoms with van der Waals surface area (Å²) in [5.74, 6) is -0.870. The Kier molecular flexibility index (Phi) is 5.32. The predicted molar refractivity (Wildman–Crippen MR) is 89.3 cm³/mol. The first-order valence-corrected chi connectivity index (χ1v) is 7.42. The average molecular weight is 395 g/mol. The number of halogens is 1. The molecule has 0 radical (unpaired) electrons. The molecule has 0 aliphatic heterocycles. The van der Waals surface area contributed by atoms with Gasteiger partial charge in [-0.15, -0.1) is 0 Å². The minimum atomic E-state index is -0.509. The maximum atomic E-state index is 11.8. The minimum absolute atomic E-state index is 0.307. The number of anilines is 1. The number of rotatable bonds is 4. The molecule has 0 fully saturated rings. The molecule has 5 heteroatoms. The summed E-state index contributed by atoms with van der Waals surface area (Å²) < 4.78 is 6.01. The molecule has 0 aromatic heterocycles. The highest BCUT2D eigenvalue weighted by Crippen LogP contribution is 2.10. The van der Waals surface area contributed by atoms with E-state index in [4.69, 9.17) is 4.74 Å². The molecule has 0 unspecified atom stereocenters. The average Bonchev–Trinajstić information content (AvgIpc) is 2.45. The van der Waals surface area contributed by atoms with Gasteiger partial charge in [-0.2, -0.15) is 0 Å². The molecule has 108 valence electrons. The highest BCUT2D eigenvalue weighted by molar-refractivity contribution is 14.1. The number of hydrogen-bond donors (Lipinski definition) is 1. The molecule has 2 aromatic carbocycles. The van der Waals surface area contributed by atoms with Gasteiger partial charge in [0, 0.05) is 9.26 Å². The maximum absolute atomic E-state index is 11.8. The number of aryl methyl sites for hydroxylation is 1. The summed E-state index contributed by atoms with van der Waals surface area (Å²) >= 11 is 2.15. The third kappa shape index (κ3) is 4.86. The van der Waals surface area contributed by atoms with Crippen LogP contribution in [0.1, 0.15) is 15.9 Å². The van der Waals surface area contributed by atoms with Crippen molar-refractivity contribution in [2.75, 3.05) is 11.9 Å². The number of nitrogens with one attached hydrogen (secondary N) is 1. The Morgan fingerprint density at radius 1 is 1.14 bits per heavy atom. The highest BCUT2D eigenvalue weighted by atomic mass is 127. The zero-order chi connectivity index (χ0) is 15.2. The molecule has 2 rings (SSSR count). The Labute approximate surface area is 136 Å². The first kappa shape index (κ1) is 15.5. The first-order valence-electron chi connectivity index (χ1n) is 6.34. The molecule has 2 aromatic rings. The van der Waals surface area contributed by atoms with E-state index < -0.39 is 5.97 Å². The van der Waals surface area contributed by atoms with Crippen molar-refractivity contribution in [3.05, 3.63) is 63.2 Å². The van der Waals surface area contributed by atoms with Gasteiger partial charge in [0.05, 0.1) is 5.56 Å². The standard InChI is InChI=1S/C16H14INO3/c1-11-3-2-4-14(9-11)18-15(19)10-21-16(20)12-5-7-13(17)8-6-12/h2-9H,10H2,1H3,(H,18,19). The van der Waals surface area contributed by atoms with Gasteiger partial charge >= 0.3 is 5.97 Å². The number of carbonyl (C=O) groups excluding carboxylic acids is 2. The molecule has 0 aliphatic rings. The molecule has 0 saturated heterocycles. The molecular formula is C16H14INO3. The molecule has 4 nitrogen and oxygen atoms in total. The minimum Gasteiger partial charge on any atom is -0.452 e. The fourth-order valence-corrected chi connectivity index (χ4v) is 2.08. The Bertz CT molecular complexity index is 653. The van der Waals surface area contributed by atoms with Gasteiger partial charge in [-0.1, -0.05) is 12.1 Å². The van der Waals surface area contributed by atoms with Gasteiger partial charge in [0.1, 0.15) is 0 Å². The van der Waals surface area contributed by atoms with Crippen molar-refractivity contribution >= 4 is 40.2 Å². The zero-order valence-electron chi connectivity index (χ0n) is 11.4. The van der Waals surface area contributed by atoms with Crippen molar-refractivity contribution in [1.82, 2.24) is 0 Å². The smallest absolute Gasteiger partial charge is 0.338 e. The molecule has 1 N–H and O–H groups in total. The summed E-state index contributed by atoms with van der Waals surface area (Å²) in [6.07, 6.45) is 0. The van der Waals surface area contributed by atoms with Crippen LogP contribution in [-0.2, 0) is 9.53 Å². The van der Waals surface area contributed by atoms with Crippen molar-refractivity contribution in [2.45, 2.75) is 6.92 Å². The van der Waals surface area contributed by atoms with E-state index in [-0.39, 0.29) is 12.5 Å². The molecule has 0 aliphatic carbocycles. The van der Waals surface area contributed by atoms with Crippen LogP contribution >= 0.6 is 22.6 Å². The number of hydrogen-bond acceptors (Lipinski definition) is 3. The van der Waals surface area contributed by atoms with Crippen LogP contribution in [-0.4, -0.2) is 18.5 Å². The van der Waals surface area contributed by atoms with Gasteiger partial charge in [-0.3, -0.25) is 4.79 Å². The van der Waals surface area contributed by atoms with E-state index in [1.165, 1.54) is 0 Å². The van der Waals surface area contributed by atoms with Crippen molar-refractivity contribution in [3.63, 3.8) is 0 Å². The second-order valence-electron chi connectivity index (χ2n) is 4.50. The summed E-state index contributed by atoms with van der Waals surface area (Å²) in [5, 5.41) is 2.68. The topological polar surface area (TPSA) is 55.4 Å². The van der Waals surface area contributed by atoms with E-state index in [2.05, 4.69) is 27.9 Å². The van der Waals surface area contributed by atoms with Gasteiger partial charge in [0.25, 0.3) is 5.91 Å². The van der Waals surface area contributed by atoms with E-state index in [1.807, 2.05) is 37.3 Å². The summed E-state index contributed by atoms with van der Waals surface area (Å²) in [6.45, 7) is 1.63. The number of amides is 1. The van der Waals surface area contributed by atoms with Crippen molar-refractivity contribution in [2.24, 2.45) is 0 Å². The monoisotopic (exact) mass is 395 g/mol. The van der Waals surface area contributed by atoms with E-state index in [9.17, 15) is 9.59 Å². The zero-order valence-corrected chi connectivity index (χ0v) is 13.6. The van der Waals surface area contributed by atoms with Crippen LogP contribution in [0.3, 0.4) is 0 Å². The van der Waals surface area contributed by atoms with Crippen LogP contribution in [0.25, 0.3) is 0 Å². The molecule has 1 amide bonds. The third-order valence-electron chi connectivity index (χ3n) is 2.72. The van der Waals surface area contributed by atoms with Gasteiger partial charge in [0.2, 0.25) is 0 Å². The van der Waals surface area contributed by atoms with Gasteiger partial charge in [0.15, 0.2) is 6.61 Å². The predicted octanol–water partition coefficient (Wildman–Crippen LogP) is 3.40. The number of ether oxygens (including phenoxy) is 1. The Morgan fingerprint density at radius 3 is 2.52 bits per heavy atom. The molecule has 0 atom stereocenters. The van der Waals surface area contributed by atoms with Crippen LogP contribution in [0.15, 0.2) is 48.5 Å². The number of esters is 1. The van der Waals surface area contributed by atoms with E-state index in [0.29, 0.717) is 11.3 Å². The summed E-state index contributed by atoms with van der Waals surface area (Å²) in [4.78, 5) is 23.5. The van der Waals surface area contributed by atoms with Crippen molar-refractivity contribution in [3.8, 4) is 0 Å². The summed E-state index contributed by atoms with van der Waals surface area (Å²) in [5.41, 5.74) is 2.16. The second kappa shape index (κ2) is 7.21. The fraction of sp³-hybridized carbons (Fsp3) is 0.125. The lowest BCUT2D eigenvalue weighted by Gasteiger charge is -2.07. The van der Waals surface area contributed by atoms with Crippen LogP contribution < -0.4 is 5.32 Å².